The average Bonchev–Trinajstić information content (AvgIpc) is 3.09. The Labute approximate surface area is 172 Å². The number of aliphatic hydroxyl groups excluding tert-OH is 1. The number of ether oxygens (including phenoxy) is 3. The average molecular weight is 463 g/mol. The van der Waals surface area contributed by atoms with Gasteiger partial charge < -0.3 is 30.4 Å². The molecule has 0 aromatic carbocycles. The van der Waals surface area contributed by atoms with Crippen LogP contribution in [0.1, 0.15) is 33.6 Å². The van der Waals surface area contributed by atoms with Crippen molar-refractivity contribution in [1.82, 2.24) is 9.97 Å². The molecule has 10 heteroatoms. The van der Waals surface area contributed by atoms with Gasteiger partial charge in [-0.1, -0.05) is 18.7 Å². The second kappa shape index (κ2) is 8.79. The zero-order valence-electron chi connectivity index (χ0n) is 15.8. The van der Waals surface area contributed by atoms with Gasteiger partial charge in [0.25, 0.3) is 0 Å². The molecule has 1 aromatic heterocycles. The summed E-state index contributed by atoms with van der Waals surface area (Å²) in [4.78, 5) is 8.97. The molecule has 1 aliphatic carbocycles. The van der Waals surface area contributed by atoms with E-state index in [4.69, 9.17) is 25.1 Å². The van der Waals surface area contributed by atoms with Gasteiger partial charge in [0.2, 0.25) is 0 Å². The van der Waals surface area contributed by atoms with Crippen molar-refractivity contribution in [2.45, 2.75) is 68.9 Å². The van der Waals surface area contributed by atoms with Crippen LogP contribution in [0.5, 0.6) is 0 Å². The molecule has 3 rings (SSSR count). The second-order valence-electron chi connectivity index (χ2n) is 7.09. The van der Waals surface area contributed by atoms with Gasteiger partial charge in [0.15, 0.2) is 16.8 Å². The lowest BCUT2D eigenvalue weighted by molar-refractivity contribution is -0.167. The number of nitrogens with zero attached hydrogens (tertiary/aromatic N) is 2. The number of hydrogen-bond donors (Lipinski definition) is 3. The lowest BCUT2D eigenvalue weighted by Gasteiger charge is -2.24. The minimum atomic E-state index is -0.684. The molecular formula is C17H27BrN4O4S. The number of nitrogens with one attached hydrogen (secondary N) is 1. The van der Waals surface area contributed by atoms with Crippen LogP contribution in [0.2, 0.25) is 0 Å². The summed E-state index contributed by atoms with van der Waals surface area (Å²) in [5.41, 5.74) is 6.65. The van der Waals surface area contributed by atoms with E-state index in [9.17, 15) is 0 Å². The highest BCUT2D eigenvalue weighted by Gasteiger charge is 2.54. The second-order valence-corrected chi connectivity index (χ2v) is 8.91. The van der Waals surface area contributed by atoms with Gasteiger partial charge in [-0.2, -0.15) is 0 Å². The molecule has 0 unspecified atom stereocenters. The summed E-state index contributed by atoms with van der Waals surface area (Å²) >= 11 is 5.01. The Morgan fingerprint density at radius 2 is 2.11 bits per heavy atom. The molecule has 0 spiro atoms. The summed E-state index contributed by atoms with van der Waals surface area (Å²) in [6.07, 6.45) is 1.15. The molecule has 1 saturated heterocycles. The van der Waals surface area contributed by atoms with Crippen molar-refractivity contribution < 1.29 is 19.3 Å². The molecule has 1 saturated carbocycles. The van der Waals surface area contributed by atoms with Gasteiger partial charge in [-0.05, 0) is 42.6 Å². The number of anilines is 2. The molecule has 1 aliphatic heterocycles. The molecule has 0 bridgehead atoms. The highest BCUT2D eigenvalue weighted by molar-refractivity contribution is 9.10. The van der Waals surface area contributed by atoms with E-state index in [2.05, 4.69) is 38.1 Å². The lowest BCUT2D eigenvalue weighted by Crippen LogP contribution is -2.35. The number of halogens is 1. The summed E-state index contributed by atoms with van der Waals surface area (Å²) in [5, 5.41) is 13.2. The summed E-state index contributed by atoms with van der Waals surface area (Å²) in [6.45, 7) is 6.13. The first-order valence-corrected chi connectivity index (χ1v) is 10.9. The Hall–Kier alpha value is -0.650. The van der Waals surface area contributed by atoms with E-state index in [0.29, 0.717) is 27.7 Å². The Balaban J connectivity index is 1.79. The fraction of sp³-hybridized carbons (Fsp3) is 0.765. The molecule has 2 aliphatic rings. The number of fused-ring (bicyclic) bond motifs is 1. The molecule has 4 N–H and O–H groups in total. The van der Waals surface area contributed by atoms with Gasteiger partial charge in [0.1, 0.15) is 22.5 Å². The highest BCUT2D eigenvalue weighted by atomic mass is 79.9. The van der Waals surface area contributed by atoms with Crippen molar-refractivity contribution in [3.05, 3.63) is 4.60 Å². The molecule has 2 fully saturated rings. The third kappa shape index (κ3) is 4.86. The quantitative estimate of drug-likeness (QED) is 0.304. The minimum Gasteiger partial charge on any atom is -0.394 e. The summed E-state index contributed by atoms with van der Waals surface area (Å²) in [6, 6.07) is -0.0754. The largest absolute Gasteiger partial charge is 0.394 e. The van der Waals surface area contributed by atoms with Crippen LogP contribution in [0.25, 0.3) is 0 Å². The van der Waals surface area contributed by atoms with Crippen LogP contribution in [0, 0.1) is 0 Å². The van der Waals surface area contributed by atoms with Gasteiger partial charge in [0, 0.05) is 5.75 Å². The maximum atomic E-state index is 9.09. The molecule has 0 amide bonds. The zero-order valence-corrected chi connectivity index (χ0v) is 18.2. The van der Waals surface area contributed by atoms with E-state index in [1.54, 1.807) is 11.8 Å². The fourth-order valence-corrected chi connectivity index (χ4v) is 4.58. The van der Waals surface area contributed by atoms with E-state index >= 15 is 0 Å². The van der Waals surface area contributed by atoms with E-state index in [1.165, 1.54) is 0 Å². The van der Waals surface area contributed by atoms with E-state index in [1.807, 2.05) is 13.8 Å². The molecule has 27 heavy (non-hydrogen) atoms. The molecule has 0 radical (unpaired) electrons. The molecule has 8 nitrogen and oxygen atoms in total. The minimum absolute atomic E-state index is 0.0277. The van der Waals surface area contributed by atoms with Crippen LogP contribution in [-0.4, -0.2) is 64.2 Å². The van der Waals surface area contributed by atoms with Crippen LogP contribution in [0.15, 0.2) is 9.76 Å². The molecule has 4 atom stereocenters. The van der Waals surface area contributed by atoms with Crippen molar-refractivity contribution in [2.75, 3.05) is 30.0 Å². The standard InChI is InChI=1S/C17H27BrN4O4S/c1-4-7-27-16-21-14(18)11(19)15(22-16)20-9-8-10(24-6-5-23)13-12(9)25-17(2,3)26-13/h9-10,12-13,23H,4-8,19H2,1-3H3,(H,20,21,22)/t9-,10+,12+,13-/m1/s1. The molecule has 2 heterocycles. The van der Waals surface area contributed by atoms with Crippen LogP contribution in [0.3, 0.4) is 0 Å². The fourth-order valence-electron chi connectivity index (χ4n) is 3.41. The predicted octanol–water partition coefficient (Wildman–Crippen LogP) is 2.41. The number of aromatic nitrogens is 2. The van der Waals surface area contributed by atoms with Gasteiger partial charge in [-0.15, -0.1) is 0 Å². The first kappa shape index (κ1) is 21.1. The van der Waals surface area contributed by atoms with E-state index in [-0.39, 0.29) is 37.6 Å². The van der Waals surface area contributed by atoms with Gasteiger partial charge in [-0.25, -0.2) is 9.97 Å². The number of thioether (sulfide) groups is 1. The summed E-state index contributed by atoms with van der Waals surface area (Å²) in [7, 11) is 0. The Kier molecular flexibility index (Phi) is 6.86. The normalized spacial score (nSPS) is 29.1. The predicted molar refractivity (Wildman–Crippen MR) is 108 cm³/mol. The van der Waals surface area contributed by atoms with Crippen molar-refractivity contribution in [1.29, 1.82) is 0 Å². The number of nitrogens with two attached hydrogens (primary N) is 1. The monoisotopic (exact) mass is 462 g/mol. The van der Waals surface area contributed by atoms with Crippen molar-refractivity contribution >= 4 is 39.2 Å². The van der Waals surface area contributed by atoms with Crippen molar-refractivity contribution in [2.24, 2.45) is 0 Å². The molecule has 1 aromatic rings. The van der Waals surface area contributed by atoms with Crippen molar-refractivity contribution in [3.63, 3.8) is 0 Å². The van der Waals surface area contributed by atoms with Crippen LogP contribution in [0.4, 0.5) is 11.5 Å². The van der Waals surface area contributed by atoms with Gasteiger partial charge in [0.05, 0.1) is 25.4 Å². The maximum Gasteiger partial charge on any atom is 0.190 e. The van der Waals surface area contributed by atoms with Crippen LogP contribution < -0.4 is 11.1 Å². The Morgan fingerprint density at radius 3 is 2.81 bits per heavy atom. The SMILES string of the molecule is CCCSc1nc(Br)c(N)c(N[C@@H]2C[C@H](OCCO)[C@H]3OC(C)(C)O[C@H]32)n1. The van der Waals surface area contributed by atoms with Crippen LogP contribution in [-0.2, 0) is 14.2 Å². The van der Waals surface area contributed by atoms with E-state index < -0.39 is 5.79 Å². The highest BCUT2D eigenvalue weighted by Crippen LogP contribution is 2.41. The maximum absolute atomic E-state index is 9.09. The van der Waals surface area contributed by atoms with Gasteiger partial charge in [-0.3, -0.25) is 0 Å². The first-order chi connectivity index (χ1) is 12.8. The van der Waals surface area contributed by atoms with E-state index in [0.717, 1.165) is 12.2 Å². The Morgan fingerprint density at radius 1 is 1.37 bits per heavy atom. The van der Waals surface area contributed by atoms with Gasteiger partial charge >= 0.3 is 0 Å². The third-order valence-electron chi connectivity index (χ3n) is 4.47. The topological polar surface area (TPSA) is 112 Å². The van der Waals surface area contributed by atoms with Crippen LogP contribution >= 0.6 is 27.7 Å². The Bertz CT molecular complexity index is 666. The number of aliphatic hydroxyl groups is 1. The zero-order chi connectivity index (χ0) is 19.6. The van der Waals surface area contributed by atoms with Crippen molar-refractivity contribution in [3.8, 4) is 0 Å². The lowest BCUT2D eigenvalue weighted by atomic mass is 10.2. The third-order valence-corrected chi connectivity index (χ3v) is 6.13. The summed E-state index contributed by atoms with van der Waals surface area (Å²) in [5.74, 6) is 0.832. The molecular weight excluding hydrogens is 436 g/mol. The number of nitrogen functional groups attached to an aromatic ring is 1. The molecule has 152 valence electrons. The number of hydrogen-bond acceptors (Lipinski definition) is 9. The number of rotatable bonds is 8. The smallest absolute Gasteiger partial charge is 0.190 e. The first-order valence-electron chi connectivity index (χ1n) is 9.15. The summed E-state index contributed by atoms with van der Waals surface area (Å²) < 4.78 is 18.5.